The van der Waals surface area contributed by atoms with Crippen LogP contribution >= 0.6 is 0 Å². The minimum absolute atomic E-state index is 0.207. The van der Waals surface area contributed by atoms with E-state index in [0.29, 0.717) is 12.1 Å². The van der Waals surface area contributed by atoms with Gasteiger partial charge in [0.05, 0.1) is 18.6 Å². The summed E-state index contributed by atoms with van der Waals surface area (Å²) in [4.78, 5) is 0. The zero-order valence-corrected chi connectivity index (χ0v) is 9.12. The van der Waals surface area contributed by atoms with Crippen molar-refractivity contribution < 1.29 is 4.74 Å². The van der Waals surface area contributed by atoms with Gasteiger partial charge in [-0.2, -0.15) is 5.26 Å². The molecule has 0 aromatic heterocycles. The molecule has 0 aliphatic heterocycles. The number of hydrogen-bond donors (Lipinski definition) is 1. The molecule has 0 aromatic carbocycles. The second-order valence-electron chi connectivity index (χ2n) is 4.00. The third-order valence-corrected chi connectivity index (χ3v) is 2.75. The molecular formula is C11H20N2O. The van der Waals surface area contributed by atoms with Crippen LogP contribution in [-0.2, 0) is 4.74 Å². The second kappa shape index (κ2) is 6.00. The molecule has 0 aromatic rings. The molecule has 0 spiro atoms. The van der Waals surface area contributed by atoms with E-state index in [1.165, 1.54) is 6.42 Å². The predicted octanol–water partition coefficient (Wildman–Crippen LogP) is 1.69. The number of ether oxygens (including phenoxy) is 1. The molecule has 80 valence electrons. The van der Waals surface area contributed by atoms with Crippen LogP contribution in [0.1, 0.15) is 33.1 Å². The molecule has 1 rings (SSSR count). The molecule has 3 unspecified atom stereocenters. The molecule has 0 bridgehead atoms. The van der Waals surface area contributed by atoms with E-state index >= 15 is 0 Å². The standard InChI is InChI=1S/C11H20N2O/c1-3-14-8-9(2)13-11-6-4-5-10(11)7-12/h9-11,13H,3-6,8H2,1-2H3. The highest BCUT2D eigenvalue weighted by atomic mass is 16.5. The van der Waals surface area contributed by atoms with Crippen LogP contribution in [0.25, 0.3) is 0 Å². The highest BCUT2D eigenvalue weighted by Gasteiger charge is 2.27. The molecule has 3 nitrogen and oxygen atoms in total. The van der Waals surface area contributed by atoms with Gasteiger partial charge in [0.1, 0.15) is 0 Å². The zero-order valence-electron chi connectivity index (χ0n) is 9.12. The van der Waals surface area contributed by atoms with Crippen LogP contribution in [0.15, 0.2) is 0 Å². The zero-order chi connectivity index (χ0) is 10.4. The van der Waals surface area contributed by atoms with E-state index in [4.69, 9.17) is 10.00 Å². The van der Waals surface area contributed by atoms with Crippen molar-refractivity contribution in [1.82, 2.24) is 5.32 Å². The highest BCUT2D eigenvalue weighted by Crippen LogP contribution is 2.25. The molecule has 1 saturated carbocycles. The van der Waals surface area contributed by atoms with Crippen molar-refractivity contribution in [2.45, 2.75) is 45.2 Å². The summed E-state index contributed by atoms with van der Waals surface area (Å²) in [5.74, 6) is 0.207. The first-order valence-electron chi connectivity index (χ1n) is 5.51. The van der Waals surface area contributed by atoms with Crippen molar-refractivity contribution in [2.75, 3.05) is 13.2 Å². The third kappa shape index (κ3) is 3.28. The van der Waals surface area contributed by atoms with Gasteiger partial charge in [-0.05, 0) is 26.7 Å². The highest BCUT2D eigenvalue weighted by molar-refractivity contribution is 4.97. The maximum absolute atomic E-state index is 8.90. The lowest BCUT2D eigenvalue weighted by molar-refractivity contribution is 0.122. The fourth-order valence-corrected chi connectivity index (χ4v) is 2.02. The average molecular weight is 196 g/mol. The summed E-state index contributed by atoms with van der Waals surface area (Å²) in [5.41, 5.74) is 0. The van der Waals surface area contributed by atoms with Gasteiger partial charge in [0.15, 0.2) is 0 Å². The first-order valence-corrected chi connectivity index (χ1v) is 5.51. The van der Waals surface area contributed by atoms with Crippen molar-refractivity contribution in [3.63, 3.8) is 0 Å². The number of nitrogens with one attached hydrogen (secondary N) is 1. The molecule has 14 heavy (non-hydrogen) atoms. The number of rotatable bonds is 5. The average Bonchev–Trinajstić information content (AvgIpc) is 2.62. The molecule has 3 atom stereocenters. The van der Waals surface area contributed by atoms with E-state index in [1.807, 2.05) is 6.92 Å². The van der Waals surface area contributed by atoms with E-state index in [-0.39, 0.29) is 5.92 Å². The summed E-state index contributed by atoms with van der Waals surface area (Å²) in [6, 6.07) is 3.11. The third-order valence-electron chi connectivity index (χ3n) is 2.75. The Balaban J connectivity index is 2.25. The monoisotopic (exact) mass is 196 g/mol. The van der Waals surface area contributed by atoms with E-state index in [0.717, 1.165) is 26.1 Å². The minimum Gasteiger partial charge on any atom is -0.380 e. The normalized spacial score (nSPS) is 28.6. The van der Waals surface area contributed by atoms with Crippen molar-refractivity contribution >= 4 is 0 Å². The Morgan fingerprint density at radius 1 is 1.57 bits per heavy atom. The Labute approximate surface area is 86.4 Å². The Kier molecular flexibility index (Phi) is 4.92. The molecule has 0 amide bonds. The van der Waals surface area contributed by atoms with Gasteiger partial charge in [-0.1, -0.05) is 6.42 Å². The Morgan fingerprint density at radius 2 is 2.36 bits per heavy atom. The van der Waals surface area contributed by atoms with Crippen LogP contribution in [0.4, 0.5) is 0 Å². The first kappa shape index (κ1) is 11.5. The summed E-state index contributed by atoms with van der Waals surface area (Å²) in [6.07, 6.45) is 3.36. The van der Waals surface area contributed by atoms with Crippen molar-refractivity contribution in [3.05, 3.63) is 0 Å². The van der Waals surface area contributed by atoms with Gasteiger partial charge in [0, 0.05) is 18.7 Å². The Bertz CT molecular complexity index is 200. The van der Waals surface area contributed by atoms with Gasteiger partial charge >= 0.3 is 0 Å². The molecule has 1 N–H and O–H groups in total. The first-order chi connectivity index (χ1) is 6.77. The van der Waals surface area contributed by atoms with Crippen LogP contribution in [0.2, 0.25) is 0 Å². The van der Waals surface area contributed by atoms with Crippen LogP contribution in [0.5, 0.6) is 0 Å². The second-order valence-corrected chi connectivity index (χ2v) is 4.00. The lowest BCUT2D eigenvalue weighted by Crippen LogP contribution is -2.40. The topological polar surface area (TPSA) is 45.0 Å². The van der Waals surface area contributed by atoms with Crippen LogP contribution in [-0.4, -0.2) is 25.3 Å². The Hall–Kier alpha value is -0.590. The molecule has 0 radical (unpaired) electrons. The number of nitriles is 1. The SMILES string of the molecule is CCOCC(C)NC1CCCC1C#N. The van der Waals surface area contributed by atoms with E-state index in [1.54, 1.807) is 0 Å². The molecule has 1 aliphatic carbocycles. The maximum atomic E-state index is 8.90. The number of hydrogen-bond acceptors (Lipinski definition) is 3. The fraction of sp³-hybridized carbons (Fsp3) is 0.909. The molecular weight excluding hydrogens is 176 g/mol. The summed E-state index contributed by atoms with van der Waals surface area (Å²) < 4.78 is 5.33. The Morgan fingerprint density at radius 3 is 3.00 bits per heavy atom. The number of nitrogens with zero attached hydrogens (tertiary/aromatic N) is 1. The van der Waals surface area contributed by atoms with Gasteiger partial charge in [-0.25, -0.2) is 0 Å². The van der Waals surface area contributed by atoms with Gasteiger partial charge < -0.3 is 10.1 Å². The lowest BCUT2D eigenvalue weighted by atomic mass is 10.1. The summed E-state index contributed by atoms with van der Waals surface area (Å²) in [5, 5.41) is 12.4. The smallest absolute Gasteiger partial charge is 0.0672 e. The lowest BCUT2D eigenvalue weighted by Gasteiger charge is -2.21. The quantitative estimate of drug-likeness (QED) is 0.728. The van der Waals surface area contributed by atoms with Crippen LogP contribution in [0.3, 0.4) is 0 Å². The van der Waals surface area contributed by atoms with E-state index in [9.17, 15) is 0 Å². The van der Waals surface area contributed by atoms with Crippen LogP contribution in [0, 0.1) is 17.2 Å². The van der Waals surface area contributed by atoms with Gasteiger partial charge in [-0.15, -0.1) is 0 Å². The largest absolute Gasteiger partial charge is 0.380 e. The van der Waals surface area contributed by atoms with Crippen molar-refractivity contribution in [2.24, 2.45) is 5.92 Å². The van der Waals surface area contributed by atoms with E-state index < -0.39 is 0 Å². The molecule has 1 aliphatic rings. The van der Waals surface area contributed by atoms with E-state index in [2.05, 4.69) is 18.3 Å². The molecule has 1 fully saturated rings. The van der Waals surface area contributed by atoms with Gasteiger partial charge in [0.25, 0.3) is 0 Å². The maximum Gasteiger partial charge on any atom is 0.0672 e. The predicted molar refractivity (Wildman–Crippen MR) is 55.8 cm³/mol. The van der Waals surface area contributed by atoms with Gasteiger partial charge in [0.2, 0.25) is 0 Å². The minimum atomic E-state index is 0.207. The summed E-state index contributed by atoms with van der Waals surface area (Å²) >= 11 is 0. The van der Waals surface area contributed by atoms with Crippen molar-refractivity contribution in [1.29, 1.82) is 5.26 Å². The molecule has 0 saturated heterocycles. The van der Waals surface area contributed by atoms with Crippen LogP contribution < -0.4 is 5.32 Å². The van der Waals surface area contributed by atoms with Crippen molar-refractivity contribution in [3.8, 4) is 6.07 Å². The summed E-state index contributed by atoms with van der Waals surface area (Å²) in [6.45, 7) is 5.62. The molecule has 3 heteroatoms. The van der Waals surface area contributed by atoms with Gasteiger partial charge in [-0.3, -0.25) is 0 Å². The molecule has 0 heterocycles. The summed E-state index contributed by atoms with van der Waals surface area (Å²) in [7, 11) is 0. The fourth-order valence-electron chi connectivity index (χ4n) is 2.02.